The largest absolute Gasteiger partial charge is 0.497 e. The van der Waals surface area contributed by atoms with Gasteiger partial charge in [0.25, 0.3) is 5.91 Å². The van der Waals surface area contributed by atoms with Crippen molar-refractivity contribution in [2.45, 2.75) is 13.8 Å². The lowest BCUT2D eigenvalue weighted by Gasteiger charge is -2.11. The van der Waals surface area contributed by atoms with Crippen LogP contribution < -0.4 is 14.8 Å². The van der Waals surface area contributed by atoms with E-state index in [0.717, 1.165) is 22.5 Å². The molecule has 32 heavy (non-hydrogen) atoms. The van der Waals surface area contributed by atoms with Crippen LogP contribution in [0.4, 0.5) is 5.69 Å². The fourth-order valence-electron chi connectivity index (χ4n) is 3.59. The maximum atomic E-state index is 13.4. The number of ether oxygens (including phenoxy) is 2. The molecule has 1 heterocycles. The Hall–Kier alpha value is -4.06. The molecule has 0 spiro atoms. The van der Waals surface area contributed by atoms with Crippen molar-refractivity contribution in [3.05, 3.63) is 89.6 Å². The standard InChI is InChI=1S/C26H25N3O3/c1-17-10-13-23(18(2)14-17)27-26(30)22-16-29(19-8-6-5-7-9-19)28-25(22)21-12-11-20(31-3)15-24(21)32-4/h5-16H,1-4H3,(H,27,30). The molecule has 1 amide bonds. The van der Waals surface area contributed by atoms with Crippen LogP contribution in [0.5, 0.6) is 11.5 Å². The fourth-order valence-corrected chi connectivity index (χ4v) is 3.59. The molecule has 6 heteroatoms. The summed E-state index contributed by atoms with van der Waals surface area (Å²) in [6.45, 7) is 4.00. The highest BCUT2D eigenvalue weighted by Crippen LogP contribution is 2.35. The molecule has 0 unspecified atom stereocenters. The Labute approximate surface area is 187 Å². The molecule has 0 radical (unpaired) electrons. The van der Waals surface area contributed by atoms with Gasteiger partial charge in [0.2, 0.25) is 0 Å². The van der Waals surface area contributed by atoms with Gasteiger partial charge in [-0.3, -0.25) is 4.79 Å². The van der Waals surface area contributed by atoms with Crippen LogP contribution in [-0.2, 0) is 0 Å². The van der Waals surface area contributed by atoms with Crippen LogP contribution in [0.15, 0.2) is 72.9 Å². The number of carbonyl (C=O) groups is 1. The first kappa shape index (κ1) is 21.2. The van der Waals surface area contributed by atoms with Gasteiger partial charge in [-0.1, -0.05) is 35.9 Å². The molecule has 1 aromatic heterocycles. The Morgan fingerprint density at radius 3 is 2.41 bits per heavy atom. The Kier molecular flexibility index (Phi) is 5.94. The topological polar surface area (TPSA) is 65.4 Å². The summed E-state index contributed by atoms with van der Waals surface area (Å²) in [7, 11) is 3.18. The van der Waals surface area contributed by atoms with Crippen molar-refractivity contribution < 1.29 is 14.3 Å². The maximum Gasteiger partial charge on any atom is 0.259 e. The van der Waals surface area contributed by atoms with E-state index in [-0.39, 0.29) is 5.91 Å². The molecule has 0 aliphatic carbocycles. The number of hydrogen-bond donors (Lipinski definition) is 1. The number of hydrogen-bond acceptors (Lipinski definition) is 4. The van der Waals surface area contributed by atoms with Crippen molar-refractivity contribution in [1.29, 1.82) is 0 Å². The minimum absolute atomic E-state index is 0.244. The van der Waals surface area contributed by atoms with Crippen molar-refractivity contribution in [3.63, 3.8) is 0 Å². The first-order valence-electron chi connectivity index (χ1n) is 10.3. The highest BCUT2D eigenvalue weighted by Gasteiger charge is 2.22. The SMILES string of the molecule is COc1ccc(-c2nn(-c3ccccc3)cc2C(=O)Nc2ccc(C)cc2C)c(OC)c1. The summed E-state index contributed by atoms with van der Waals surface area (Å²) < 4.78 is 12.6. The molecule has 0 fully saturated rings. The van der Waals surface area contributed by atoms with Crippen molar-refractivity contribution in [1.82, 2.24) is 9.78 Å². The van der Waals surface area contributed by atoms with Gasteiger partial charge in [-0.25, -0.2) is 4.68 Å². The first-order chi connectivity index (χ1) is 15.5. The normalized spacial score (nSPS) is 10.6. The smallest absolute Gasteiger partial charge is 0.259 e. The highest BCUT2D eigenvalue weighted by atomic mass is 16.5. The van der Waals surface area contributed by atoms with Crippen molar-refractivity contribution in [2.24, 2.45) is 0 Å². The lowest BCUT2D eigenvalue weighted by molar-refractivity contribution is 0.102. The number of nitrogens with one attached hydrogen (secondary N) is 1. The minimum Gasteiger partial charge on any atom is -0.497 e. The van der Waals surface area contributed by atoms with Gasteiger partial charge in [-0.15, -0.1) is 0 Å². The number of aromatic nitrogens is 2. The number of carbonyl (C=O) groups excluding carboxylic acids is 1. The fraction of sp³-hybridized carbons (Fsp3) is 0.154. The maximum absolute atomic E-state index is 13.4. The zero-order chi connectivity index (χ0) is 22.7. The second kappa shape index (κ2) is 8.98. The third kappa shape index (κ3) is 4.21. The van der Waals surface area contributed by atoms with Crippen molar-refractivity contribution in [2.75, 3.05) is 19.5 Å². The van der Waals surface area contributed by atoms with Crippen LogP contribution in [0.2, 0.25) is 0 Å². The van der Waals surface area contributed by atoms with Crippen LogP contribution in [0, 0.1) is 13.8 Å². The van der Waals surface area contributed by atoms with Gasteiger partial charge in [0.1, 0.15) is 17.2 Å². The predicted octanol–water partition coefficient (Wildman–Crippen LogP) is 5.43. The lowest BCUT2D eigenvalue weighted by Crippen LogP contribution is -2.13. The number of methoxy groups -OCH3 is 2. The van der Waals surface area contributed by atoms with Gasteiger partial charge in [0, 0.05) is 23.5 Å². The molecule has 0 aliphatic heterocycles. The summed E-state index contributed by atoms with van der Waals surface area (Å²) >= 11 is 0. The molecular weight excluding hydrogens is 402 g/mol. The Balaban J connectivity index is 1.82. The van der Waals surface area contributed by atoms with Gasteiger partial charge in [-0.2, -0.15) is 5.10 Å². The molecule has 0 aliphatic rings. The quantitative estimate of drug-likeness (QED) is 0.446. The average Bonchev–Trinajstić information content (AvgIpc) is 3.26. The van der Waals surface area contributed by atoms with Crippen LogP contribution in [0.25, 0.3) is 16.9 Å². The van der Waals surface area contributed by atoms with E-state index in [1.165, 1.54) is 0 Å². The Morgan fingerprint density at radius 1 is 0.938 bits per heavy atom. The lowest BCUT2D eigenvalue weighted by atomic mass is 10.1. The van der Waals surface area contributed by atoms with Gasteiger partial charge >= 0.3 is 0 Å². The van der Waals surface area contributed by atoms with E-state index in [0.29, 0.717) is 28.3 Å². The van der Waals surface area contributed by atoms with E-state index in [4.69, 9.17) is 14.6 Å². The summed E-state index contributed by atoms with van der Waals surface area (Å²) in [4.78, 5) is 13.4. The number of nitrogens with zero attached hydrogens (tertiary/aromatic N) is 2. The van der Waals surface area contributed by atoms with E-state index in [9.17, 15) is 4.79 Å². The third-order valence-corrected chi connectivity index (χ3v) is 5.27. The van der Waals surface area contributed by atoms with E-state index >= 15 is 0 Å². The summed E-state index contributed by atoms with van der Waals surface area (Å²) in [5.41, 5.74) is 5.42. The summed E-state index contributed by atoms with van der Waals surface area (Å²) in [5, 5.41) is 7.78. The molecule has 4 rings (SSSR count). The van der Waals surface area contributed by atoms with Crippen molar-refractivity contribution >= 4 is 11.6 Å². The van der Waals surface area contributed by atoms with Crippen LogP contribution >= 0.6 is 0 Å². The van der Waals surface area contributed by atoms with Crippen LogP contribution in [0.3, 0.4) is 0 Å². The van der Waals surface area contributed by atoms with Crippen LogP contribution in [-0.4, -0.2) is 29.9 Å². The molecule has 6 nitrogen and oxygen atoms in total. The van der Waals surface area contributed by atoms with Gasteiger partial charge in [0.05, 0.1) is 25.5 Å². The highest BCUT2D eigenvalue weighted by molar-refractivity contribution is 6.08. The van der Waals surface area contributed by atoms with Gasteiger partial charge < -0.3 is 14.8 Å². The summed E-state index contributed by atoms with van der Waals surface area (Å²) in [6, 6.07) is 21.1. The average molecular weight is 428 g/mol. The number of anilines is 1. The molecule has 0 bridgehead atoms. The zero-order valence-corrected chi connectivity index (χ0v) is 18.5. The van der Waals surface area contributed by atoms with Gasteiger partial charge in [-0.05, 0) is 49.7 Å². The second-order valence-electron chi connectivity index (χ2n) is 7.51. The molecule has 0 atom stereocenters. The first-order valence-corrected chi connectivity index (χ1v) is 10.3. The second-order valence-corrected chi connectivity index (χ2v) is 7.51. The summed E-state index contributed by atoms with van der Waals surface area (Å²) in [5.74, 6) is 0.990. The molecule has 0 saturated heterocycles. The van der Waals surface area contributed by atoms with E-state index in [2.05, 4.69) is 5.32 Å². The number of rotatable bonds is 6. The number of para-hydroxylation sites is 1. The number of benzene rings is 3. The molecule has 1 N–H and O–H groups in total. The number of amides is 1. The van der Waals surface area contributed by atoms with Gasteiger partial charge in [0.15, 0.2) is 0 Å². The van der Waals surface area contributed by atoms with E-state index in [1.807, 2.05) is 74.5 Å². The molecule has 0 saturated carbocycles. The molecular formula is C26H25N3O3. The van der Waals surface area contributed by atoms with Crippen molar-refractivity contribution in [3.8, 4) is 28.4 Å². The minimum atomic E-state index is -0.244. The Bertz CT molecular complexity index is 1260. The van der Waals surface area contributed by atoms with E-state index < -0.39 is 0 Å². The summed E-state index contributed by atoms with van der Waals surface area (Å²) in [6.07, 6.45) is 1.74. The number of aryl methyl sites for hydroxylation is 2. The molecule has 3 aromatic carbocycles. The predicted molar refractivity (Wildman–Crippen MR) is 126 cm³/mol. The zero-order valence-electron chi connectivity index (χ0n) is 18.5. The third-order valence-electron chi connectivity index (χ3n) is 5.27. The van der Waals surface area contributed by atoms with Crippen LogP contribution in [0.1, 0.15) is 21.5 Å². The molecule has 162 valence electrons. The van der Waals surface area contributed by atoms with E-state index in [1.54, 1.807) is 31.2 Å². The monoisotopic (exact) mass is 427 g/mol. The Morgan fingerprint density at radius 2 is 1.72 bits per heavy atom. The molecule has 4 aromatic rings.